The summed E-state index contributed by atoms with van der Waals surface area (Å²) in [6.07, 6.45) is 19.5. The summed E-state index contributed by atoms with van der Waals surface area (Å²) in [5.41, 5.74) is 6.26. The second-order valence-electron chi connectivity index (χ2n) is 7.75. The van der Waals surface area contributed by atoms with Crippen LogP contribution in [-0.2, 0) is 11.2 Å². The van der Waals surface area contributed by atoms with Crippen LogP contribution in [0, 0.1) is 0 Å². The van der Waals surface area contributed by atoms with Crippen LogP contribution >= 0.6 is 0 Å². The lowest BCUT2D eigenvalue weighted by molar-refractivity contribution is -0.124. The molecule has 0 saturated heterocycles. The molecule has 0 heterocycles. The molecule has 0 atom stereocenters. The second-order valence-corrected chi connectivity index (χ2v) is 7.75. The molecule has 0 radical (unpaired) electrons. The molecule has 0 bridgehead atoms. The third-order valence-electron chi connectivity index (χ3n) is 5.15. The molecule has 0 fully saturated rings. The van der Waals surface area contributed by atoms with E-state index in [4.69, 9.17) is 4.84 Å². The molecule has 0 aliphatic heterocycles. The smallest absolute Gasteiger partial charge is 0.236 e. The van der Waals surface area contributed by atoms with Gasteiger partial charge in [-0.05, 0) is 30.5 Å². The van der Waals surface area contributed by atoms with Crippen LogP contribution in [0.25, 0.3) is 0 Å². The summed E-state index contributed by atoms with van der Waals surface area (Å²) >= 11 is 0. The van der Waals surface area contributed by atoms with Crippen LogP contribution in [0.1, 0.15) is 109 Å². The molecule has 0 aromatic heterocycles. The molecule has 1 amide bonds. The van der Waals surface area contributed by atoms with Crippen molar-refractivity contribution >= 4 is 5.91 Å². The summed E-state index contributed by atoms with van der Waals surface area (Å²) in [5, 5.41) is 0. The Labute approximate surface area is 172 Å². The molecule has 4 nitrogen and oxygen atoms in total. The molecule has 0 saturated carbocycles. The first-order valence-electron chi connectivity index (χ1n) is 11.6. The van der Waals surface area contributed by atoms with Gasteiger partial charge >= 0.3 is 0 Å². The minimum absolute atomic E-state index is 0.0943. The van der Waals surface area contributed by atoms with Gasteiger partial charge in [-0.2, -0.15) is 0 Å². The highest BCUT2D eigenvalue weighted by molar-refractivity contribution is 5.74. The van der Waals surface area contributed by atoms with E-state index in [-0.39, 0.29) is 5.91 Å². The molecule has 0 aliphatic carbocycles. The second kappa shape index (κ2) is 17.5. The lowest BCUT2D eigenvalue weighted by Gasteiger charge is -2.09. The van der Waals surface area contributed by atoms with Crippen molar-refractivity contribution in [2.45, 2.75) is 110 Å². The van der Waals surface area contributed by atoms with Crippen molar-refractivity contribution in [3.8, 4) is 5.75 Å². The zero-order valence-corrected chi connectivity index (χ0v) is 18.2. The minimum atomic E-state index is -0.0943. The summed E-state index contributed by atoms with van der Waals surface area (Å²) in [6, 6.07) is 8.05. The summed E-state index contributed by atoms with van der Waals surface area (Å²) < 4.78 is 0. The van der Waals surface area contributed by atoms with Gasteiger partial charge in [0, 0.05) is 6.42 Å². The van der Waals surface area contributed by atoms with Crippen LogP contribution < -0.4 is 15.9 Å². The highest BCUT2D eigenvalue weighted by Crippen LogP contribution is 2.16. The standard InChI is InChI=1S/C24H42N2O2/c1-3-5-6-7-8-9-10-11-12-13-14-15-16-18-22-19-17-20-23(21-22)28-26-25-24(27)4-2/h17,19-21,26H,3-16,18H2,1-2H3,(H,25,27). The number of aryl methyl sites for hydroxylation is 1. The van der Waals surface area contributed by atoms with Gasteiger partial charge in [0.25, 0.3) is 0 Å². The summed E-state index contributed by atoms with van der Waals surface area (Å²) in [5.74, 6) is 0.631. The van der Waals surface area contributed by atoms with E-state index in [1.807, 2.05) is 18.2 Å². The van der Waals surface area contributed by atoms with Crippen molar-refractivity contribution in [2.24, 2.45) is 0 Å². The van der Waals surface area contributed by atoms with Crippen LogP contribution in [0.15, 0.2) is 24.3 Å². The molecule has 4 heteroatoms. The lowest BCUT2D eigenvalue weighted by atomic mass is 10.0. The Bertz CT molecular complexity index is 505. The number of hydrogen-bond donors (Lipinski definition) is 2. The van der Waals surface area contributed by atoms with Crippen molar-refractivity contribution in [1.29, 1.82) is 0 Å². The van der Waals surface area contributed by atoms with E-state index < -0.39 is 0 Å². The van der Waals surface area contributed by atoms with E-state index >= 15 is 0 Å². The van der Waals surface area contributed by atoms with E-state index in [1.165, 1.54) is 89.0 Å². The fraction of sp³-hybridized carbons (Fsp3) is 0.708. The Kier molecular flexibility index (Phi) is 15.3. The fourth-order valence-corrected chi connectivity index (χ4v) is 3.34. The predicted octanol–water partition coefficient (Wildman–Crippen LogP) is 6.64. The van der Waals surface area contributed by atoms with Crippen molar-refractivity contribution in [2.75, 3.05) is 0 Å². The fourth-order valence-electron chi connectivity index (χ4n) is 3.34. The molecule has 0 spiro atoms. The van der Waals surface area contributed by atoms with Gasteiger partial charge < -0.3 is 4.84 Å². The first-order chi connectivity index (χ1) is 13.8. The number of unbranched alkanes of at least 4 members (excludes halogenated alkanes) is 12. The number of carbonyl (C=O) groups is 1. The number of benzene rings is 1. The average molecular weight is 391 g/mol. The van der Waals surface area contributed by atoms with E-state index in [0.717, 1.165) is 12.2 Å². The van der Waals surface area contributed by atoms with Crippen LogP contribution in [0.5, 0.6) is 5.75 Å². The molecule has 1 aromatic carbocycles. The Balaban J connectivity index is 1.97. The zero-order valence-electron chi connectivity index (χ0n) is 18.2. The first-order valence-corrected chi connectivity index (χ1v) is 11.6. The van der Waals surface area contributed by atoms with Gasteiger partial charge in [-0.15, -0.1) is 0 Å². The van der Waals surface area contributed by atoms with E-state index in [1.54, 1.807) is 6.92 Å². The normalized spacial score (nSPS) is 10.8. The van der Waals surface area contributed by atoms with Crippen molar-refractivity contribution < 1.29 is 9.63 Å². The molecule has 0 aliphatic rings. The molecule has 160 valence electrons. The number of hydrogen-bond acceptors (Lipinski definition) is 3. The first kappa shape index (κ1) is 24.5. The molecular weight excluding hydrogens is 348 g/mol. The molecule has 1 rings (SSSR count). The Morgan fingerprint density at radius 1 is 0.821 bits per heavy atom. The topological polar surface area (TPSA) is 50.4 Å². The zero-order chi connectivity index (χ0) is 20.3. The van der Waals surface area contributed by atoms with Gasteiger partial charge in [0.1, 0.15) is 5.75 Å². The van der Waals surface area contributed by atoms with Crippen LogP contribution in [-0.4, -0.2) is 5.91 Å². The molecule has 28 heavy (non-hydrogen) atoms. The van der Waals surface area contributed by atoms with Crippen molar-refractivity contribution in [3.05, 3.63) is 29.8 Å². The monoisotopic (exact) mass is 390 g/mol. The number of rotatable bonds is 18. The van der Waals surface area contributed by atoms with Crippen molar-refractivity contribution in [3.63, 3.8) is 0 Å². The number of hydrazine groups is 1. The Morgan fingerprint density at radius 2 is 1.39 bits per heavy atom. The maximum Gasteiger partial charge on any atom is 0.236 e. The SMILES string of the molecule is CCCCCCCCCCCCCCCc1cccc(ONNC(=O)CC)c1. The van der Waals surface area contributed by atoms with Gasteiger partial charge in [-0.3, -0.25) is 10.2 Å². The van der Waals surface area contributed by atoms with Crippen LogP contribution in [0.4, 0.5) is 0 Å². The third-order valence-corrected chi connectivity index (χ3v) is 5.15. The van der Waals surface area contributed by atoms with Gasteiger partial charge in [-0.25, -0.2) is 0 Å². The maximum absolute atomic E-state index is 11.2. The Morgan fingerprint density at radius 3 is 1.96 bits per heavy atom. The van der Waals surface area contributed by atoms with Gasteiger partial charge in [0.05, 0.1) is 0 Å². The van der Waals surface area contributed by atoms with Gasteiger partial charge in [-0.1, -0.05) is 109 Å². The third kappa shape index (κ3) is 13.6. The van der Waals surface area contributed by atoms with E-state index in [2.05, 4.69) is 24.0 Å². The Hall–Kier alpha value is -1.55. The highest BCUT2D eigenvalue weighted by Gasteiger charge is 2.00. The van der Waals surface area contributed by atoms with Gasteiger partial charge in [0.2, 0.25) is 5.91 Å². The van der Waals surface area contributed by atoms with Crippen molar-refractivity contribution in [1.82, 2.24) is 11.0 Å². The molecule has 2 N–H and O–H groups in total. The average Bonchev–Trinajstić information content (AvgIpc) is 2.71. The lowest BCUT2D eigenvalue weighted by Crippen LogP contribution is -2.39. The van der Waals surface area contributed by atoms with Gasteiger partial charge in [0.15, 0.2) is 0 Å². The molecule has 0 unspecified atom stereocenters. The largest absolute Gasteiger partial charge is 0.389 e. The van der Waals surface area contributed by atoms with E-state index in [0.29, 0.717) is 6.42 Å². The summed E-state index contributed by atoms with van der Waals surface area (Å²) in [7, 11) is 0. The van der Waals surface area contributed by atoms with Crippen LogP contribution in [0.3, 0.4) is 0 Å². The molecule has 1 aromatic rings. The highest BCUT2D eigenvalue weighted by atomic mass is 16.7. The molecular formula is C24H42N2O2. The number of carbonyl (C=O) groups excluding carboxylic acids is 1. The quantitative estimate of drug-likeness (QED) is 0.218. The number of nitrogens with one attached hydrogen (secondary N) is 2. The maximum atomic E-state index is 11.2. The number of amides is 1. The minimum Gasteiger partial charge on any atom is -0.389 e. The predicted molar refractivity (Wildman–Crippen MR) is 118 cm³/mol. The van der Waals surface area contributed by atoms with Crippen LogP contribution in [0.2, 0.25) is 0 Å². The summed E-state index contributed by atoms with van der Waals surface area (Å²) in [6.45, 7) is 4.08. The van der Waals surface area contributed by atoms with E-state index in [9.17, 15) is 4.79 Å². The summed E-state index contributed by atoms with van der Waals surface area (Å²) in [4.78, 5) is 16.5.